The van der Waals surface area contributed by atoms with Gasteiger partial charge in [-0.1, -0.05) is 29.8 Å². The van der Waals surface area contributed by atoms with Gasteiger partial charge in [0.15, 0.2) is 0 Å². The van der Waals surface area contributed by atoms with E-state index in [0.717, 1.165) is 35.9 Å². The predicted molar refractivity (Wildman–Crippen MR) is 85.4 cm³/mol. The predicted octanol–water partition coefficient (Wildman–Crippen LogP) is 3.13. The van der Waals surface area contributed by atoms with E-state index in [-0.39, 0.29) is 0 Å². The average molecular weight is 290 g/mol. The first-order chi connectivity index (χ1) is 9.72. The van der Waals surface area contributed by atoms with Crippen LogP contribution >= 0.6 is 11.6 Å². The summed E-state index contributed by atoms with van der Waals surface area (Å²) >= 11 is 6.36. The Morgan fingerprint density at radius 3 is 2.75 bits per heavy atom. The topological polar surface area (TPSA) is 28.2 Å². The van der Waals surface area contributed by atoms with Crippen LogP contribution in [0, 0.1) is 0 Å². The number of aromatic nitrogens is 1. The smallest absolute Gasteiger partial charge is 0.0642 e. The van der Waals surface area contributed by atoms with E-state index in [2.05, 4.69) is 34.4 Å². The molecule has 20 heavy (non-hydrogen) atoms. The lowest BCUT2D eigenvalue weighted by molar-refractivity contribution is 0.798. The molecule has 0 fully saturated rings. The third kappa shape index (κ3) is 3.71. The number of para-hydroxylation sites is 1. The molecule has 2 rings (SSSR count). The Balaban J connectivity index is 2.10. The number of halogens is 1. The van der Waals surface area contributed by atoms with E-state index in [0.29, 0.717) is 0 Å². The minimum Gasteiger partial charge on any atom is -0.373 e. The van der Waals surface area contributed by atoms with Crippen molar-refractivity contribution in [2.45, 2.75) is 13.0 Å². The van der Waals surface area contributed by atoms with Gasteiger partial charge in [0.1, 0.15) is 0 Å². The molecule has 1 N–H and O–H groups in total. The zero-order chi connectivity index (χ0) is 14.4. The summed E-state index contributed by atoms with van der Waals surface area (Å²) in [6.45, 7) is 1.70. The number of anilines is 1. The second-order valence-corrected chi connectivity index (χ2v) is 5.18. The molecule has 0 spiro atoms. The molecule has 1 heterocycles. The number of benzene rings is 1. The highest BCUT2D eigenvalue weighted by atomic mass is 35.5. The van der Waals surface area contributed by atoms with Crippen LogP contribution in [0.5, 0.6) is 0 Å². The van der Waals surface area contributed by atoms with E-state index in [4.69, 9.17) is 11.6 Å². The van der Waals surface area contributed by atoms with E-state index in [1.54, 1.807) is 0 Å². The summed E-state index contributed by atoms with van der Waals surface area (Å²) in [6, 6.07) is 12.0. The van der Waals surface area contributed by atoms with Crippen molar-refractivity contribution in [3.8, 4) is 0 Å². The van der Waals surface area contributed by atoms with Crippen LogP contribution in [0.15, 0.2) is 42.6 Å². The Morgan fingerprint density at radius 1 is 1.20 bits per heavy atom. The number of rotatable bonds is 6. The molecule has 0 aliphatic heterocycles. The number of nitrogens with one attached hydrogen (secondary N) is 1. The van der Waals surface area contributed by atoms with Crippen LogP contribution in [0.2, 0.25) is 5.02 Å². The van der Waals surface area contributed by atoms with Crippen molar-refractivity contribution in [3.05, 3.63) is 58.9 Å². The maximum absolute atomic E-state index is 6.36. The van der Waals surface area contributed by atoms with Gasteiger partial charge < -0.3 is 10.2 Å². The lowest BCUT2D eigenvalue weighted by Gasteiger charge is -2.23. The molecule has 0 amide bonds. The van der Waals surface area contributed by atoms with Gasteiger partial charge in [0.2, 0.25) is 0 Å². The highest BCUT2D eigenvalue weighted by Crippen LogP contribution is 2.29. The molecular formula is C16H20ClN3. The molecule has 0 saturated heterocycles. The van der Waals surface area contributed by atoms with Crippen molar-refractivity contribution in [1.29, 1.82) is 0 Å². The quantitative estimate of drug-likeness (QED) is 0.885. The van der Waals surface area contributed by atoms with E-state index in [1.807, 2.05) is 37.5 Å². The molecule has 0 aliphatic carbocycles. The molecule has 0 bridgehead atoms. The molecule has 106 valence electrons. The van der Waals surface area contributed by atoms with Gasteiger partial charge >= 0.3 is 0 Å². The summed E-state index contributed by atoms with van der Waals surface area (Å²) in [5.74, 6) is 0. The van der Waals surface area contributed by atoms with Crippen LogP contribution in [-0.4, -0.2) is 25.6 Å². The van der Waals surface area contributed by atoms with Crippen molar-refractivity contribution in [2.24, 2.45) is 0 Å². The summed E-state index contributed by atoms with van der Waals surface area (Å²) in [4.78, 5) is 6.55. The molecular weight excluding hydrogens is 270 g/mol. The fourth-order valence-electron chi connectivity index (χ4n) is 2.26. The number of nitrogens with zero attached hydrogens (tertiary/aromatic N) is 2. The minimum absolute atomic E-state index is 0.793. The third-order valence-corrected chi connectivity index (χ3v) is 3.55. The van der Waals surface area contributed by atoms with Gasteiger partial charge in [-0.2, -0.15) is 0 Å². The zero-order valence-corrected chi connectivity index (χ0v) is 12.7. The largest absolute Gasteiger partial charge is 0.373 e. The Morgan fingerprint density at radius 2 is 2.05 bits per heavy atom. The second-order valence-electron chi connectivity index (χ2n) is 4.77. The molecule has 0 radical (unpaired) electrons. The van der Waals surface area contributed by atoms with Crippen molar-refractivity contribution < 1.29 is 0 Å². The molecule has 1 aromatic heterocycles. The van der Waals surface area contributed by atoms with E-state index >= 15 is 0 Å². The molecule has 4 heteroatoms. The summed E-state index contributed by atoms with van der Waals surface area (Å²) in [7, 11) is 4.02. The summed E-state index contributed by atoms with van der Waals surface area (Å²) in [5, 5.41) is 3.98. The molecule has 0 saturated carbocycles. The maximum Gasteiger partial charge on any atom is 0.0642 e. The van der Waals surface area contributed by atoms with Gasteiger partial charge in [-0.3, -0.25) is 4.98 Å². The number of hydrogen-bond donors (Lipinski definition) is 1. The maximum atomic E-state index is 6.36. The summed E-state index contributed by atoms with van der Waals surface area (Å²) < 4.78 is 0. The van der Waals surface area contributed by atoms with E-state index in [9.17, 15) is 0 Å². The number of hydrogen-bond acceptors (Lipinski definition) is 3. The van der Waals surface area contributed by atoms with Crippen LogP contribution in [-0.2, 0) is 13.0 Å². The van der Waals surface area contributed by atoms with Crippen LogP contribution < -0.4 is 10.2 Å². The number of pyridine rings is 1. The fourth-order valence-corrected chi connectivity index (χ4v) is 2.60. The van der Waals surface area contributed by atoms with Gasteiger partial charge in [-0.05, 0) is 30.8 Å². The molecule has 0 atom stereocenters. The van der Waals surface area contributed by atoms with Crippen LogP contribution in [0.3, 0.4) is 0 Å². The SMILES string of the molecule is CNCc1cccc(Cl)c1N(C)CCc1ccccn1. The third-order valence-electron chi connectivity index (χ3n) is 3.25. The first-order valence-corrected chi connectivity index (χ1v) is 7.13. The number of likely N-dealkylation sites (N-methyl/N-ethyl adjacent to an activating group) is 1. The molecule has 0 aliphatic rings. The van der Waals surface area contributed by atoms with Gasteiger partial charge in [0.05, 0.1) is 10.7 Å². The second kappa shape index (κ2) is 7.27. The Labute approximate surface area is 125 Å². The van der Waals surface area contributed by atoms with Crippen LogP contribution in [0.25, 0.3) is 0 Å². The van der Waals surface area contributed by atoms with E-state index < -0.39 is 0 Å². The van der Waals surface area contributed by atoms with Crippen molar-refractivity contribution in [1.82, 2.24) is 10.3 Å². The lowest BCUT2D eigenvalue weighted by atomic mass is 10.1. The van der Waals surface area contributed by atoms with Crippen molar-refractivity contribution >= 4 is 17.3 Å². The summed E-state index contributed by atoms with van der Waals surface area (Å²) in [6.07, 6.45) is 2.73. The standard InChI is InChI=1S/C16H20ClN3/c1-18-12-13-6-5-8-15(17)16(13)20(2)11-9-14-7-3-4-10-19-14/h3-8,10,18H,9,11-12H2,1-2H3. The van der Waals surface area contributed by atoms with Crippen LogP contribution in [0.4, 0.5) is 5.69 Å². The minimum atomic E-state index is 0.793. The monoisotopic (exact) mass is 289 g/mol. The van der Waals surface area contributed by atoms with Gasteiger partial charge in [-0.15, -0.1) is 0 Å². The first kappa shape index (κ1) is 14.8. The normalized spacial score (nSPS) is 10.6. The Kier molecular flexibility index (Phi) is 5.39. The average Bonchev–Trinajstić information content (AvgIpc) is 2.46. The first-order valence-electron chi connectivity index (χ1n) is 6.75. The van der Waals surface area contributed by atoms with Gasteiger partial charge in [0, 0.05) is 38.4 Å². The summed E-state index contributed by atoms with van der Waals surface area (Å²) in [5.41, 5.74) is 3.41. The van der Waals surface area contributed by atoms with Crippen molar-refractivity contribution in [3.63, 3.8) is 0 Å². The highest BCUT2D eigenvalue weighted by Gasteiger charge is 2.11. The lowest BCUT2D eigenvalue weighted by Crippen LogP contribution is -2.23. The zero-order valence-electron chi connectivity index (χ0n) is 11.9. The van der Waals surface area contributed by atoms with E-state index in [1.165, 1.54) is 5.56 Å². The Hall–Kier alpha value is -1.58. The van der Waals surface area contributed by atoms with Gasteiger partial charge in [-0.25, -0.2) is 0 Å². The highest BCUT2D eigenvalue weighted by molar-refractivity contribution is 6.33. The fraction of sp³-hybridized carbons (Fsp3) is 0.312. The molecule has 0 unspecified atom stereocenters. The van der Waals surface area contributed by atoms with Gasteiger partial charge in [0.25, 0.3) is 0 Å². The Bertz CT molecular complexity index is 543. The molecule has 2 aromatic rings. The van der Waals surface area contributed by atoms with Crippen molar-refractivity contribution in [2.75, 3.05) is 25.5 Å². The molecule has 1 aromatic carbocycles. The molecule has 3 nitrogen and oxygen atoms in total. The van der Waals surface area contributed by atoms with Crippen LogP contribution in [0.1, 0.15) is 11.3 Å².